The lowest BCUT2D eigenvalue weighted by molar-refractivity contribution is 0.242. The largest absolute Gasteiger partial charge is 0.490 e. The summed E-state index contributed by atoms with van der Waals surface area (Å²) in [4.78, 5) is 2.49. The summed E-state index contributed by atoms with van der Waals surface area (Å²) in [5, 5.41) is 0. The Morgan fingerprint density at radius 2 is 2.10 bits per heavy atom. The lowest BCUT2D eigenvalue weighted by Gasteiger charge is -2.27. The minimum absolute atomic E-state index is 0.289. The van der Waals surface area contributed by atoms with Crippen molar-refractivity contribution in [2.24, 2.45) is 11.7 Å². The van der Waals surface area contributed by atoms with Crippen molar-refractivity contribution in [2.45, 2.75) is 25.8 Å². The van der Waals surface area contributed by atoms with Gasteiger partial charge in [0.05, 0.1) is 13.2 Å². The van der Waals surface area contributed by atoms with Gasteiger partial charge in [-0.3, -0.25) is 4.90 Å². The van der Waals surface area contributed by atoms with E-state index < -0.39 is 0 Å². The number of rotatable bonds is 3. The number of nitrogens with two attached hydrogens (primary N) is 1. The fraction of sp³-hybridized carbons (Fsp3) is 0.625. The summed E-state index contributed by atoms with van der Waals surface area (Å²) in [6.07, 6.45) is 2.20. The summed E-state index contributed by atoms with van der Waals surface area (Å²) in [5.74, 6) is 2.49. The number of hydrogen-bond acceptors (Lipinski definition) is 4. The van der Waals surface area contributed by atoms with Gasteiger partial charge in [0.2, 0.25) is 0 Å². The van der Waals surface area contributed by atoms with Gasteiger partial charge in [-0.1, -0.05) is 13.0 Å². The van der Waals surface area contributed by atoms with Gasteiger partial charge in [-0.25, -0.2) is 0 Å². The van der Waals surface area contributed by atoms with E-state index in [-0.39, 0.29) is 6.04 Å². The summed E-state index contributed by atoms with van der Waals surface area (Å²) in [6.45, 7) is 6.68. The Balaban J connectivity index is 1.83. The van der Waals surface area contributed by atoms with Gasteiger partial charge in [-0.2, -0.15) is 0 Å². The van der Waals surface area contributed by atoms with Crippen LogP contribution in [0.25, 0.3) is 0 Å². The van der Waals surface area contributed by atoms with Gasteiger partial charge in [-0.15, -0.1) is 0 Å². The zero-order valence-electron chi connectivity index (χ0n) is 12.2. The molecule has 2 heterocycles. The molecule has 0 bridgehead atoms. The van der Waals surface area contributed by atoms with Gasteiger partial charge in [0, 0.05) is 25.6 Å². The molecule has 110 valence electrons. The van der Waals surface area contributed by atoms with Gasteiger partial charge in [0.1, 0.15) is 0 Å². The molecule has 2 aliphatic heterocycles. The first-order valence-electron chi connectivity index (χ1n) is 7.61. The third-order valence-electron chi connectivity index (χ3n) is 4.28. The lowest BCUT2D eigenvalue weighted by Crippen LogP contribution is -2.31. The molecule has 20 heavy (non-hydrogen) atoms. The second kappa shape index (κ2) is 6.02. The summed E-state index contributed by atoms with van der Waals surface area (Å²) in [7, 11) is 0. The van der Waals surface area contributed by atoms with Crippen LogP contribution in [0, 0.1) is 5.92 Å². The molecule has 1 aromatic rings. The summed E-state index contributed by atoms with van der Waals surface area (Å²) >= 11 is 0. The number of benzene rings is 1. The predicted molar refractivity (Wildman–Crippen MR) is 79.2 cm³/mol. The van der Waals surface area contributed by atoms with Crippen molar-refractivity contribution in [3.8, 4) is 11.5 Å². The Morgan fingerprint density at radius 1 is 1.30 bits per heavy atom. The molecule has 0 aromatic heterocycles. The van der Waals surface area contributed by atoms with Gasteiger partial charge < -0.3 is 15.2 Å². The highest BCUT2D eigenvalue weighted by atomic mass is 16.5. The van der Waals surface area contributed by atoms with Crippen LogP contribution in [-0.2, 0) is 0 Å². The van der Waals surface area contributed by atoms with Gasteiger partial charge >= 0.3 is 0 Å². The van der Waals surface area contributed by atoms with Crippen LogP contribution in [0.1, 0.15) is 31.4 Å². The smallest absolute Gasteiger partial charge is 0.161 e. The van der Waals surface area contributed by atoms with E-state index >= 15 is 0 Å². The van der Waals surface area contributed by atoms with E-state index in [2.05, 4.69) is 24.0 Å². The Labute approximate surface area is 120 Å². The third kappa shape index (κ3) is 2.76. The second-order valence-electron chi connectivity index (χ2n) is 5.90. The maximum atomic E-state index is 6.02. The molecule has 1 aromatic carbocycles. The minimum Gasteiger partial charge on any atom is -0.490 e. The number of likely N-dealkylation sites (tertiary alicyclic amines) is 1. The van der Waals surface area contributed by atoms with Crippen molar-refractivity contribution in [1.29, 1.82) is 0 Å². The highest BCUT2D eigenvalue weighted by molar-refractivity contribution is 5.44. The molecule has 0 amide bonds. The molecule has 2 atom stereocenters. The van der Waals surface area contributed by atoms with E-state index in [1.165, 1.54) is 12.0 Å². The monoisotopic (exact) mass is 276 g/mol. The topological polar surface area (TPSA) is 47.7 Å². The molecular formula is C16H24N2O2. The van der Waals surface area contributed by atoms with E-state index in [0.29, 0.717) is 6.54 Å². The SMILES string of the molecule is CC1CCN(C(CN)c2ccc3c(c2)OCCCO3)C1. The number of hydrogen-bond donors (Lipinski definition) is 1. The molecule has 0 aliphatic carbocycles. The first kappa shape index (κ1) is 13.7. The van der Waals surface area contributed by atoms with Crippen LogP contribution in [0.2, 0.25) is 0 Å². The molecule has 0 saturated carbocycles. The van der Waals surface area contributed by atoms with E-state index in [1.54, 1.807) is 0 Å². The van der Waals surface area contributed by atoms with Crippen LogP contribution in [0.5, 0.6) is 11.5 Å². The van der Waals surface area contributed by atoms with E-state index in [9.17, 15) is 0 Å². The number of fused-ring (bicyclic) bond motifs is 1. The Morgan fingerprint density at radius 3 is 2.80 bits per heavy atom. The molecule has 0 spiro atoms. The van der Waals surface area contributed by atoms with Crippen molar-refractivity contribution < 1.29 is 9.47 Å². The van der Waals surface area contributed by atoms with Crippen LogP contribution in [0.15, 0.2) is 18.2 Å². The molecule has 2 unspecified atom stereocenters. The van der Waals surface area contributed by atoms with Crippen molar-refractivity contribution in [3.05, 3.63) is 23.8 Å². The first-order chi connectivity index (χ1) is 9.78. The van der Waals surface area contributed by atoms with E-state index in [1.807, 2.05) is 6.07 Å². The first-order valence-corrected chi connectivity index (χ1v) is 7.61. The third-order valence-corrected chi connectivity index (χ3v) is 4.28. The highest BCUT2D eigenvalue weighted by Gasteiger charge is 2.27. The second-order valence-corrected chi connectivity index (χ2v) is 5.90. The van der Waals surface area contributed by atoms with Crippen LogP contribution < -0.4 is 15.2 Å². The zero-order valence-corrected chi connectivity index (χ0v) is 12.2. The summed E-state index contributed by atoms with van der Waals surface area (Å²) < 4.78 is 11.5. The molecule has 0 radical (unpaired) electrons. The lowest BCUT2D eigenvalue weighted by atomic mass is 10.0. The molecular weight excluding hydrogens is 252 g/mol. The Hall–Kier alpha value is -1.26. The average molecular weight is 276 g/mol. The molecule has 1 saturated heterocycles. The minimum atomic E-state index is 0.289. The van der Waals surface area contributed by atoms with Crippen LogP contribution >= 0.6 is 0 Å². The molecule has 2 aliphatic rings. The fourth-order valence-electron chi connectivity index (χ4n) is 3.14. The van der Waals surface area contributed by atoms with E-state index in [4.69, 9.17) is 15.2 Å². The zero-order chi connectivity index (χ0) is 13.9. The van der Waals surface area contributed by atoms with Crippen molar-refractivity contribution >= 4 is 0 Å². The Bertz CT molecular complexity index is 464. The predicted octanol–water partition coefficient (Wildman–Crippen LogP) is 2.19. The van der Waals surface area contributed by atoms with Crippen LogP contribution in [0.4, 0.5) is 0 Å². The number of nitrogens with zero attached hydrogens (tertiary/aromatic N) is 1. The maximum absolute atomic E-state index is 6.02. The average Bonchev–Trinajstić information content (AvgIpc) is 2.75. The van der Waals surface area contributed by atoms with Gasteiger partial charge in [0.15, 0.2) is 11.5 Å². The number of ether oxygens (including phenoxy) is 2. The molecule has 2 N–H and O–H groups in total. The standard InChI is InChI=1S/C16H24N2O2/c1-12-5-6-18(11-12)14(10-17)13-3-4-15-16(9-13)20-8-2-7-19-15/h3-4,9,12,14H,2,5-8,10-11,17H2,1H3. The fourth-order valence-corrected chi connectivity index (χ4v) is 3.14. The Kier molecular flexibility index (Phi) is 4.13. The maximum Gasteiger partial charge on any atom is 0.161 e. The van der Waals surface area contributed by atoms with Crippen molar-refractivity contribution in [1.82, 2.24) is 4.90 Å². The van der Waals surface area contributed by atoms with Gasteiger partial charge in [-0.05, 0) is 36.6 Å². The van der Waals surface area contributed by atoms with E-state index in [0.717, 1.165) is 50.1 Å². The van der Waals surface area contributed by atoms with Crippen LogP contribution in [-0.4, -0.2) is 37.7 Å². The van der Waals surface area contributed by atoms with Gasteiger partial charge in [0.25, 0.3) is 0 Å². The van der Waals surface area contributed by atoms with Crippen molar-refractivity contribution in [3.63, 3.8) is 0 Å². The molecule has 4 nitrogen and oxygen atoms in total. The molecule has 1 fully saturated rings. The van der Waals surface area contributed by atoms with Crippen LogP contribution in [0.3, 0.4) is 0 Å². The quantitative estimate of drug-likeness (QED) is 0.919. The summed E-state index contributed by atoms with van der Waals surface area (Å²) in [6, 6.07) is 6.56. The molecule has 4 heteroatoms. The summed E-state index contributed by atoms with van der Waals surface area (Å²) in [5.41, 5.74) is 7.26. The normalized spacial score (nSPS) is 24.4. The molecule has 3 rings (SSSR count). The van der Waals surface area contributed by atoms with Crippen molar-refractivity contribution in [2.75, 3.05) is 32.8 Å². The highest BCUT2D eigenvalue weighted by Crippen LogP contribution is 2.35.